The number of aliphatic hydroxyl groups excluding tert-OH is 1. The van der Waals surface area contributed by atoms with Crippen molar-refractivity contribution < 1.29 is 19.4 Å². The summed E-state index contributed by atoms with van der Waals surface area (Å²) in [4.78, 5) is 18.0. The van der Waals surface area contributed by atoms with Crippen LogP contribution in [0, 0.1) is 23.2 Å². The third kappa shape index (κ3) is 6.73. The molecular formula is C28H44N2O4. The molecule has 2 aliphatic heterocycles. The molecule has 1 amide bonds. The van der Waals surface area contributed by atoms with E-state index in [1.807, 2.05) is 30.9 Å². The first-order chi connectivity index (χ1) is 16.4. The molecule has 0 bridgehead atoms. The molecule has 6 nitrogen and oxygen atoms in total. The van der Waals surface area contributed by atoms with Crippen LogP contribution in [0.1, 0.15) is 57.9 Å². The summed E-state index contributed by atoms with van der Waals surface area (Å²) < 4.78 is 11.6. The lowest BCUT2D eigenvalue weighted by Crippen LogP contribution is -2.47. The second-order valence-electron chi connectivity index (χ2n) is 11.5. The number of hydrogen-bond acceptors (Lipinski definition) is 5. The number of benzene rings is 1. The summed E-state index contributed by atoms with van der Waals surface area (Å²) in [5.74, 6) is 2.67. The number of piperidine rings is 1. The molecule has 3 aliphatic rings. The van der Waals surface area contributed by atoms with E-state index in [4.69, 9.17) is 9.47 Å². The molecule has 1 saturated carbocycles. The van der Waals surface area contributed by atoms with Crippen molar-refractivity contribution >= 4 is 5.91 Å². The Balaban J connectivity index is 1.45. The van der Waals surface area contributed by atoms with E-state index in [0.717, 1.165) is 51.2 Å². The number of β-amino-alcohol motifs (C(OH)–C–C–N with tert-alkyl or cyclic N) is 1. The highest BCUT2D eigenvalue weighted by Gasteiger charge is 2.37. The Hall–Kier alpha value is -1.63. The largest absolute Gasteiger partial charge is 0.496 e. The Bertz CT molecular complexity index is 809. The van der Waals surface area contributed by atoms with Crippen LogP contribution in [-0.2, 0) is 16.1 Å². The highest BCUT2D eigenvalue weighted by atomic mass is 16.5. The van der Waals surface area contributed by atoms with Gasteiger partial charge in [-0.05, 0) is 62.5 Å². The Labute approximate surface area is 205 Å². The second-order valence-corrected chi connectivity index (χ2v) is 11.5. The molecule has 3 atom stereocenters. The van der Waals surface area contributed by atoms with E-state index in [9.17, 15) is 9.90 Å². The van der Waals surface area contributed by atoms with Gasteiger partial charge in [0.15, 0.2) is 0 Å². The molecule has 2 heterocycles. The molecule has 1 aliphatic carbocycles. The molecule has 1 aromatic carbocycles. The smallest absolute Gasteiger partial charge is 0.222 e. The van der Waals surface area contributed by atoms with E-state index in [-0.39, 0.29) is 11.3 Å². The van der Waals surface area contributed by atoms with Gasteiger partial charge in [-0.25, -0.2) is 0 Å². The number of hydrogen-bond donors (Lipinski definition) is 1. The van der Waals surface area contributed by atoms with Crippen molar-refractivity contribution in [2.75, 3.05) is 46.5 Å². The molecule has 1 N–H and O–H groups in total. The fraction of sp³-hybridized carbons (Fsp3) is 0.750. The molecule has 34 heavy (non-hydrogen) atoms. The number of nitrogens with zero attached hydrogens (tertiary/aromatic N) is 2. The Morgan fingerprint density at radius 1 is 1.12 bits per heavy atom. The Kier molecular flexibility index (Phi) is 8.54. The van der Waals surface area contributed by atoms with Gasteiger partial charge in [0.05, 0.1) is 19.8 Å². The minimum atomic E-state index is -0.575. The van der Waals surface area contributed by atoms with E-state index < -0.39 is 6.10 Å². The topological polar surface area (TPSA) is 62.2 Å². The van der Waals surface area contributed by atoms with Gasteiger partial charge in [-0.15, -0.1) is 0 Å². The molecule has 190 valence electrons. The van der Waals surface area contributed by atoms with Crippen LogP contribution < -0.4 is 4.74 Å². The summed E-state index contributed by atoms with van der Waals surface area (Å²) >= 11 is 0. The predicted molar refractivity (Wildman–Crippen MR) is 134 cm³/mol. The minimum absolute atomic E-state index is 0.232. The van der Waals surface area contributed by atoms with Crippen molar-refractivity contribution in [3.63, 3.8) is 0 Å². The van der Waals surface area contributed by atoms with E-state index >= 15 is 0 Å². The normalized spacial score (nSPS) is 29.5. The van der Waals surface area contributed by atoms with E-state index in [1.54, 1.807) is 7.11 Å². The summed E-state index contributed by atoms with van der Waals surface area (Å²) in [6.45, 7) is 9.44. The van der Waals surface area contributed by atoms with Crippen LogP contribution in [0.3, 0.4) is 0 Å². The standard InChI is InChI=1S/C28H44N2O4/c1-28(2)20-34-14-6-8-23-17-29(18-24-7-4-5-9-25(24)33-3)13-12-22(23)15-27(32)30(19-26(28)31)16-21-10-11-21/h4-5,7,9,21-23,26,31H,6,8,10-20H2,1-3H3/t22-,23-,26-/m0/s1. The zero-order valence-electron chi connectivity index (χ0n) is 21.4. The Morgan fingerprint density at radius 3 is 2.68 bits per heavy atom. The van der Waals surface area contributed by atoms with Crippen molar-refractivity contribution in [1.29, 1.82) is 0 Å². The number of amides is 1. The van der Waals surface area contributed by atoms with Crippen LogP contribution in [0.5, 0.6) is 5.75 Å². The fourth-order valence-electron chi connectivity index (χ4n) is 5.55. The zero-order valence-corrected chi connectivity index (χ0v) is 21.4. The maximum atomic E-state index is 13.5. The van der Waals surface area contributed by atoms with Gasteiger partial charge in [0, 0.05) is 50.2 Å². The quantitative estimate of drug-likeness (QED) is 0.703. The number of carbonyl (C=O) groups is 1. The molecule has 0 radical (unpaired) electrons. The lowest BCUT2D eigenvalue weighted by Gasteiger charge is -2.40. The van der Waals surface area contributed by atoms with Crippen LogP contribution in [0.4, 0.5) is 0 Å². The lowest BCUT2D eigenvalue weighted by molar-refractivity contribution is -0.136. The van der Waals surface area contributed by atoms with Gasteiger partial charge in [0.25, 0.3) is 0 Å². The average Bonchev–Trinajstić information content (AvgIpc) is 3.63. The second kappa shape index (κ2) is 11.4. The van der Waals surface area contributed by atoms with Crippen molar-refractivity contribution in [2.24, 2.45) is 23.2 Å². The monoisotopic (exact) mass is 472 g/mol. The number of para-hydroxylation sites is 1. The van der Waals surface area contributed by atoms with Crippen LogP contribution in [0.15, 0.2) is 24.3 Å². The molecule has 1 aromatic rings. The highest BCUT2D eigenvalue weighted by molar-refractivity contribution is 5.76. The predicted octanol–water partition coefficient (Wildman–Crippen LogP) is 3.96. The maximum absolute atomic E-state index is 13.5. The van der Waals surface area contributed by atoms with Gasteiger partial charge in [0.1, 0.15) is 5.75 Å². The first-order valence-electron chi connectivity index (χ1n) is 13.2. The summed E-state index contributed by atoms with van der Waals surface area (Å²) in [5.41, 5.74) is 0.855. The molecule has 0 aromatic heterocycles. The first-order valence-corrected chi connectivity index (χ1v) is 13.2. The minimum Gasteiger partial charge on any atom is -0.496 e. The number of likely N-dealkylation sites (tertiary alicyclic amines) is 1. The molecule has 3 fully saturated rings. The number of ether oxygens (including phenoxy) is 2. The molecule has 0 spiro atoms. The van der Waals surface area contributed by atoms with Crippen molar-refractivity contribution in [3.8, 4) is 5.75 Å². The van der Waals surface area contributed by atoms with E-state index in [1.165, 1.54) is 18.4 Å². The van der Waals surface area contributed by atoms with E-state index in [0.29, 0.717) is 43.9 Å². The number of carbonyl (C=O) groups excluding carboxylic acids is 1. The van der Waals surface area contributed by atoms with Gasteiger partial charge < -0.3 is 19.5 Å². The molecule has 4 rings (SSSR count). The summed E-state index contributed by atoms with van der Waals surface area (Å²) in [6, 6.07) is 8.27. The summed E-state index contributed by atoms with van der Waals surface area (Å²) in [6.07, 6.45) is 5.55. The Morgan fingerprint density at radius 2 is 1.91 bits per heavy atom. The van der Waals surface area contributed by atoms with Crippen molar-refractivity contribution in [1.82, 2.24) is 9.80 Å². The van der Waals surface area contributed by atoms with Crippen molar-refractivity contribution in [2.45, 2.75) is 65.0 Å². The van der Waals surface area contributed by atoms with Gasteiger partial charge >= 0.3 is 0 Å². The summed E-state index contributed by atoms with van der Waals surface area (Å²) in [7, 11) is 1.73. The zero-order chi connectivity index (χ0) is 24.1. The fourth-order valence-corrected chi connectivity index (χ4v) is 5.55. The van der Waals surface area contributed by atoms with Crippen LogP contribution >= 0.6 is 0 Å². The van der Waals surface area contributed by atoms with Gasteiger partial charge in [-0.3, -0.25) is 9.69 Å². The van der Waals surface area contributed by atoms with Crippen molar-refractivity contribution in [3.05, 3.63) is 29.8 Å². The SMILES string of the molecule is COc1ccccc1CN1CC[C@H]2CC(=O)N(CC3CC3)C[C@H](O)C(C)(C)COCCC[C@H]2C1. The molecule has 0 unspecified atom stereocenters. The van der Waals surface area contributed by atoms with E-state index in [2.05, 4.69) is 17.0 Å². The van der Waals surface area contributed by atoms with Gasteiger partial charge in [0.2, 0.25) is 5.91 Å². The highest BCUT2D eigenvalue weighted by Crippen LogP contribution is 2.35. The molecular weight excluding hydrogens is 428 g/mol. The number of methoxy groups -OCH3 is 1. The van der Waals surface area contributed by atoms with Crippen LogP contribution in [0.2, 0.25) is 0 Å². The summed E-state index contributed by atoms with van der Waals surface area (Å²) in [5, 5.41) is 11.0. The van der Waals surface area contributed by atoms with Crippen LogP contribution in [0.25, 0.3) is 0 Å². The van der Waals surface area contributed by atoms with Crippen LogP contribution in [-0.4, -0.2) is 73.4 Å². The lowest BCUT2D eigenvalue weighted by atomic mass is 9.80. The number of rotatable bonds is 5. The van der Waals surface area contributed by atoms with Gasteiger partial charge in [-0.1, -0.05) is 32.0 Å². The molecule has 6 heteroatoms. The first kappa shape index (κ1) is 25.5. The third-order valence-electron chi connectivity index (χ3n) is 8.16. The third-order valence-corrected chi connectivity index (χ3v) is 8.16. The number of aliphatic hydroxyl groups is 1. The molecule has 2 saturated heterocycles. The average molecular weight is 473 g/mol. The maximum Gasteiger partial charge on any atom is 0.222 e. The van der Waals surface area contributed by atoms with Gasteiger partial charge in [-0.2, -0.15) is 0 Å². The number of fused-ring (bicyclic) bond motifs is 1.